The highest BCUT2D eigenvalue weighted by Crippen LogP contribution is 2.19. The molecule has 1 rings (SSSR count). The summed E-state index contributed by atoms with van der Waals surface area (Å²) in [4.78, 5) is 0. The smallest absolute Gasteiger partial charge is 0.129 e. The van der Waals surface area contributed by atoms with Crippen LogP contribution in [0.15, 0.2) is 0 Å². The molecule has 17 heavy (non-hydrogen) atoms. The van der Waals surface area contributed by atoms with Gasteiger partial charge in [-0.15, -0.1) is 0 Å². The van der Waals surface area contributed by atoms with E-state index >= 15 is 0 Å². The molecule has 0 saturated carbocycles. The molecule has 1 N–H and O–H groups in total. The Kier molecular flexibility index (Phi) is 5.48. The van der Waals surface area contributed by atoms with Crippen LogP contribution in [0.25, 0.3) is 0 Å². The van der Waals surface area contributed by atoms with Crippen molar-refractivity contribution < 1.29 is 4.74 Å². The number of aryl methyl sites for hydroxylation is 2. The van der Waals surface area contributed by atoms with Crippen molar-refractivity contribution in [3.63, 3.8) is 0 Å². The molecule has 0 aliphatic rings. The van der Waals surface area contributed by atoms with E-state index in [1.807, 2.05) is 18.7 Å². The van der Waals surface area contributed by atoms with E-state index in [2.05, 4.69) is 31.2 Å². The van der Waals surface area contributed by atoms with Crippen LogP contribution in [-0.4, -0.2) is 22.9 Å². The third kappa shape index (κ3) is 4.04. The van der Waals surface area contributed by atoms with E-state index in [-0.39, 0.29) is 0 Å². The number of anilines is 1. The van der Waals surface area contributed by atoms with Crippen LogP contribution < -0.4 is 5.32 Å². The fourth-order valence-corrected chi connectivity index (χ4v) is 1.76. The first-order valence-corrected chi connectivity index (χ1v) is 6.40. The minimum Gasteiger partial charge on any atom is -0.377 e. The normalized spacial score (nSPS) is 11.2. The van der Waals surface area contributed by atoms with Crippen LogP contribution in [0, 0.1) is 12.8 Å². The maximum atomic E-state index is 5.72. The Morgan fingerprint density at radius 3 is 2.71 bits per heavy atom. The van der Waals surface area contributed by atoms with E-state index in [9.17, 15) is 0 Å². The highest BCUT2D eigenvalue weighted by molar-refractivity contribution is 5.47. The largest absolute Gasteiger partial charge is 0.377 e. The van der Waals surface area contributed by atoms with Gasteiger partial charge in [-0.25, -0.2) is 0 Å². The summed E-state index contributed by atoms with van der Waals surface area (Å²) in [6.07, 6.45) is 1.11. The van der Waals surface area contributed by atoms with E-state index < -0.39 is 0 Å². The first kappa shape index (κ1) is 14.0. The first-order chi connectivity index (χ1) is 8.06. The second-order valence-electron chi connectivity index (χ2n) is 4.80. The van der Waals surface area contributed by atoms with Gasteiger partial charge in [-0.2, -0.15) is 5.10 Å². The molecule has 0 atom stereocenters. The van der Waals surface area contributed by atoms with Gasteiger partial charge in [0.05, 0.1) is 12.3 Å². The van der Waals surface area contributed by atoms with Crippen molar-refractivity contribution in [2.24, 2.45) is 13.0 Å². The predicted octanol–water partition coefficient (Wildman–Crippen LogP) is 2.72. The molecule has 0 aromatic carbocycles. The van der Waals surface area contributed by atoms with Crippen molar-refractivity contribution >= 4 is 5.82 Å². The van der Waals surface area contributed by atoms with Gasteiger partial charge in [-0.3, -0.25) is 4.68 Å². The maximum absolute atomic E-state index is 5.72. The summed E-state index contributed by atoms with van der Waals surface area (Å²) < 4.78 is 7.61. The summed E-state index contributed by atoms with van der Waals surface area (Å²) in [5.41, 5.74) is 2.23. The van der Waals surface area contributed by atoms with Gasteiger partial charge in [0.15, 0.2) is 0 Å². The molecule has 0 saturated heterocycles. The number of nitrogens with zero attached hydrogens (tertiary/aromatic N) is 2. The van der Waals surface area contributed by atoms with E-state index in [4.69, 9.17) is 4.74 Å². The Hall–Kier alpha value is -1.03. The van der Waals surface area contributed by atoms with E-state index in [1.165, 1.54) is 5.56 Å². The van der Waals surface area contributed by atoms with Gasteiger partial charge in [-0.1, -0.05) is 13.8 Å². The van der Waals surface area contributed by atoms with Crippen molar-refractivity contribution in [1.29, 1.82) is 0 Å². The van der Waals surface area contributed by atoms with Crippen LogP contribution in [-0.2, 0) is 18.4 Å². The third-order valence-electron chi connectivity index (χ3n) is 2.78. The van der Waals surface area contributed by atoms with Crippen LogP contribution in [0.1, 0.15) is 38.4 Å². The standard InChI is InChI=1S/C13H25N3O/c1-6-14-13-12(11(4)15-16(13)5)9-17-8-7-10(2)3/h10,14H,6-9H2,1-5H3. The molecule has 98 valence electrons. The van der Waals surface area contributed by atoms with Crippen LogP contribution in [0.3, 0.4) is 0 Å². The fourth-order valence-electron chi connectivity index (χ4n) is 1.76. The summed E-state index contributed by atoms with van der Waals surface area (Å²) in [5, 5.41) is 7.75. The fraction of sp³-hybridized carbons (Fsp3) is 0.769. The lowest BCUT2D eigenvalue weighted by Gasteiger charge is -2.09. The van der Waals surface area contributed by atoms with Gasteiger partial charge >= 0.3 is 0 Å². The van der Waals surface area contributed by atoms with Crippen molar-refractivity contribution in [3.05, 3.63) is 11.3 Å². The zero-order chi connectivity index (χ0) is 12.8. The minimum absolute atomic E-state index is 0.648. The van der Waals surface area contributed by atoms with Crippen molar-refractivity contribution in [2.45, 2.75) is 40.7 Å². The Balaban J connectivity index is 2.57. The predicted molar refractivity (Wildman–Crippen MR) is 71.2 cm³/mol. The molecule has 1 aromatic heterocycles. The Bertz CT molecular complexity index is 345. The lowest BCUT2D eigenvalue weighted by atomic mass is 10.1. The van der Waals surface area contributed by atoms with Crippen LogP contribution in [0.5, 0.6) is 0 Å². The molecule has 1 heterocycles. The van der Waals surface area contributed by atoms with Gasteiger partial charge in [-0.05, 0) is 26.2 Å². The topological polar surface area (TPSA) is 39.1 Å². The summed E-state index contributed by atoms with van der Waals surface area (Å²) in [7, 11) is 1.96. The monoisotopic (exact) mass is 239 g/mol. The molecule has 0 radical (unpaired) electrons. The molecule has 1 aromatic rings. The van der Waals surface area contributed by atoms with Gasteiger partial charge < -0.3 is 10.1 Å². The lowest BCUT2D eigenvalue weighted by Crippen LogP contribution is -2.07. The van der Waals surface area contributed by atoms with Gasteiger partial charge in [0.25, 0.3) is 0 Å². The summed E-state index contributed by atoms with van der Waals surface area (Å²) in [6.45, 7) is 10.9. The summed E-state index contributed by atoms with van der Waals surface area (Å²) >= 11 is 0. The minimum atomic E-state index is 0.648. The zero-order valence-corrected chi connectivity index (χ0v) is 11.7. The average molecular weight is 239 g/mol. The van der Waals surface area contributed by atoms with Gasteiger partial charge in [0.1, 0.15) is 5.82 Å². The Morgan fingerprint density at radius 1 is 1.41 bits per heavy atom. The SMILES string of the molecule is CCNc1c(COCCC(C)C)c(C)nn1C. The molecular weight excluding hydrogens is 214 g/mol. The number of hydrogen-bond acceptors (Lipinski definition) is 3. The molecule has 0 aliphatic heterocycles. The molecule has 0 spiro atoms. The number of ether oxygens (including phenoxy) is 1. The number of hydrogen-bond donors (Lipinski definition) is 1. The van der Waals surface area contributed by atoms with Crippen molar-refractivity contribution in [1.82, 2.24) is 9.78 Å². The Labute approximate surface area is 104 Å². The molecule has 4 nitrogen and oxygen atoms in total. The quantitative estimate of drug-likeness (QED) is 0.744. The van der Waals surface area contributed by atoms with E-state index in [0.717, 1.165) is 31.1 Å². The van der Waals surface area contributed by atoms with E-state index in [0.29, 0.717) is 12.5 Å². The van der Waals surface area contributed by atoms with Crippen molar-refractivity contribution in [3.8, 4) is 0 Å². The molecule has 0 amide bonds. The zero-order valence-electron chi connectivity index (χ0n) is 11.7. The third-order valence-corrected chi connectivity index (χ3v) is 2.78. The van der Waals surface area contributed by atoms with Gasteiger partial charge in [0.2, 0.25) is 0 Å². The average Bonchev–Trinajstić information content (AvgIpc) is 2.50. The van der Waals surface area contributed by atoms with Crippen molar-refractivity contribution in [2.75, 3.05) is 18.5 Å². The summed E-state index contributed by atoms with van der Waals surface area (Å²) in [5.74, 6) is 1.77. The Morgan fingerprint density at radius 2 is 2.12 bits per heavy atom. The number of rotatable bonds is 7. The highest BCUT2D eigenvalue weighted by atomic mass is 16.5. The van der Waals surface area contributed by atoms with Crippen LogP contribution in [0.4, 0.5) is 5.82 Å². The number of aromatic nitrogens is 2. The maximum Gasteiger partial charge on any atom is 0.129 e. The molecule has 0 bridgehead atoms. The lowest BCUT2D eigenvalue weighted by molar-refractivity contribution is 0.110. The molecule has 0 aliphatic carbocycles. The molecule has 0 fully saturated rings. The second-order valence-corrected chi connectivity index (χ2v) is 4.80. The van der Waals surface area contributed by atoms with E-state index in [1.54, 1.807) is 0 Å². The molecule has 0 unspecified atom stereocenters. The molecule has 4 heteroatoms. The summed E-state index contributed by atoms with van der Waals surface area (Å²) in [6, 6.07) is 0. The second kappa shape index (κ2) is 6.64. The van der Waals surface area contributed by atoms with Crippen LogP contribution in [0.2, 0.25) is 0 Å². The first-order valence-electron chi connectivity index (χ1n) is 6.40. The van der Waals surface area contributed by atoms with Gasteiger partial charge in [0, 0.05) is 25.8 Å². The van der Waals surface area contributed by atoms with Crippen LogP contribution >= 0.6 is 0 Å². The highest BCUT2D eigenvalue weighted by Gasteiger charge is 2.12. The molecular formula is C13H25N3O. The number of nitrogens with one attached hydrogen (secondary N) is 1.